The van der Waals surface area contributed by atoms with Crippen LogP contribution in [0, 0.1) is 6.92 Å². The zero-order valence-electron chi connectivity index (χ0n) is 17.6. The Morgan fingerprint density at radius 1 is 1.00 bits per heavy atom. The number of hydrogen-bond acceptors (Lipinski definition) is 4. The van der Waals surface area contributed by atoms with Gasteiger partial charge in [-0.15, -0.1) is 0 Å². The highest BCUT2D eigenvalue weighted by Crippen LogP contribution is 2.30. The molecule has 0 aliphatic rings. The molecule has 0 radical (unpaired) electrons. The monoisotopic (exact) mass is 453 g/mol. The first-order valence-electron chi connectivity index (χ1n) is 9.82. The number of rotatable bonds is 4. The second-order valence-electron chi connectivity index (χ2n) is 7.40. The molecule has 3 heterocycles. The molecule has 7 nitrogen and oxygen atoms in total. The zero-order chi connectivity index (χ0) is 23.8. The Kier molecular flexibility index (Phi) is 5.59. The molecule has 4 aromatic rings. The van der Waals surface area contributed by atoms with Crippen LogP contribution in [0.3, 0.4) is 0 Å². The minimum Gasteiger partial charge on any atom is -0.321 e. The highest BCUT2D eigenvalue weighted by Gasteiger charge is 2.31. The number of hydrogen-bond donors (Lipinski definition) is 2. The van der Waals surface area contributed by atoms with E-state index in [2.05, 4.69) is 20.6 Å². The van der Waals surface area contributed by atoms with E-state index < -0.39 is 17.6 Å². The van der Waals surface area contributed by atoms with Crippen LogP contribution in [0.2, 0.25) is 0 Å². The van der Waals surface area contributed by atoms with E-state index in [1.54, 1.807) is 34.9 Å². The molecule has 10 heteroatoms. The lowest BCUT2D eigenvalue weighted by Gasteiger charge is -2.12. The van der Waals surface area contributed by atoms with E-state index in [0.29, 0.717) is 23.2 Å². The number of carbonyl (C=O) groups is 2. The number of anilines is 2. The summed E-state index contributed by atoms with van der Waals surface area (Å²) in [6.45, 7) is 3.30. The molecule has 3 aromatic heterocycles. The van der Waals surface area contributed by atoms with Gasteiger partial charge in [-0.05, 0) is 60.0 Å². The minimum atomic E-state index is -4.57. The summed E-state index contributed by atoms with van der Waals surface area (Å²) < 4.78 is 40.6. The number of halogens is 3. The molecule has 0 unspecified atom stereocenters. The molecule has 1 aromatic carbocycles. The van der Waals surface area contributed by atoms with Gasteiger partial charge in [-0.3, -0.25) is 14.6 Å². The fraction of sp³-hybridized carbons (Fsp3) is 0.130. The molecule has 0 bridgehead atoms. The van der Waals surface area contributed by atoms with Gasteiger partial charge < -0.3 is 15.0 Å². The molecule has 168 valence electrons. The number of benzene rings is 1. The van der Waals surface area contributed by atoms with E-state index in [-0.39, 0.29) is 11.6 Å². The standard InChI is InChI=1S/C23H18F3N5O2/c1-13-3-5-17(29-22(33)19-9-16(7-8-27-19)23(24,25)26)10-18(13)15-4-6-21-30-20(28-14(2)32)12-31(21)11-15/h3-12H,1-2H3,(H,28,32)(H,29,33). The van der Waals surface area contributed by atoms with Gasteiger partial charge in [0.2, 0.25) is 5.91 Å². The first kappa shape index (κ1) is 22.0. The van der Waals surface area contributed by atoms with E-state index in [1.165, 1.54) is 6.92 Å². The summed E-state index contributed by atoms with van der Waals surface area (Å²) in [5.74, 6) is -0.555. The summed E-state index contributed by atoms with van der Waals surface area (Å²) in [4.78, 5) is 31.8. The molecular weight excluding hydrogens is 435 g/mol. The van der Waals surface area contributed by atoms with Crippen molar-refractivity contribution in [3.8, 4) is 11.1 Å². The molecule has 0 aliphatic carbocycles. The van der Waals surface area contributed by atoms with Crippen molar-refractivity contribution in [3.05, 3.63) is 77.9 Å². The largest absolute Gasteiger partial charge is 0.416 e. The van der Waals surface area contributed by atoms with Gasteiger partial charge in [-0.2, -0.15) is 13.2 Å². The average molecular weight is 453 g/mol. The van der Waals surface area contributed by atoms with Crippen LogP contribution in [0.4, 0.5) is 24.7 Å². The third-order valence-electron chi connectivity index (χ3n) is 4.88. The number of nitrogens with one attached hydrogen (secondary N) is 2. The number of pyridine rings is 2. The summed E-state index contributed by atoms with van der Waals surface area (Å²) in [6, 6.07) is 10.3. The Balaban J connectivity index is 1.62. The highest BCUT2D eigenvalue weighted by atomic mass is 19.4. The second kappa shape index (κ2) is 8.38. The van der Waals surface area contributed by atoms with Crippen molar-refractivity contribution in [2.45, 2.75) is 20.0 Å². The van der Waals surface area contributed by atoms with Gasteiger partial charge in [-0.1, -0.05) is 6.07 Å². The van der Waals surface area contributed by atoms with Crippen molar-refractivity contribution in [2.75, 3.05) is 10.6 Å². The van der Waals surface area contributed by atoms with Crippen LogP contribution < -0.4 is 10.6 Å². The van der Waals surface area contributed by atoms with Crippen molar-refractivity contribution in [1.29, 1.82) is 0 Å². The fourth-order valence-corrected chi connectivity index (χ4v) is 3.33. The van der Waals surface area contributed by atoms with Crippen molar-refractivity contribution in [2.24, 2.45) is 0 Å². The maximum atomic E-state index is 12.9. The average Bonchev–Trinajstić information content (AvgIpc) is 3.15. The van der Waals surface area contributed by atoms with Crippen molar-refractivity contribution in [1.82, 2.24) is 14.4 Å². The van der Waals surface area contributed by atoms with Crippen LogP contribution in [-0.4, -0.2) is 26.2 Å². The molecular formula is C23H18F3N5O2. The number of amides is 2. The molecule has 0 saturated heterocycles. The Bertz CT molecular complexity index is 1380. The van der Waals surface area contributed by atoms with Gasteiger partial charge in [0.05, 0.1) is 11.8 Å². The Morgan fingerprint density at radius 2 is 1.79 bits per heavy atom. The normalized spacial score (nSPS) is 11.4. The van der Waals surface area contributed by atoms with Crippen LogP contribution in [0.5, 0.6) is 0 Å². The van der Waals surface area contributed by atoms with E-state index in [9.17, 15) is 22.8 Å². The van der Waals surface area contributed by atoms with Crippen LogP contribution in [0.25, 0.3) is 16.8 Å². The maximum Gasteiger partial charge on any atom is 0.416 e. The van der Waals surface area contributed by atoms with Crippen LogP contribution >= 0.6 is 0 Å². The smallest absolute Gasteiger partial charge is 0.321 e. The molecule has 2 amide bonds. The summed E-state index contributed by atoms with van der Waals surface area (Å²) in [7, 11) is 0. The van der Waals surface area contributed by atoms with Crippen LogP contribution in [0.1, 0.15) is 28.5 Å². The van der Waals surface area contributed by atoms with Gasteiger partial charge in [0.25, 0.3) is 5.91 Å². The summed E-state index contributed by atoms with van der Waals surface area (Å²) in [6.07, 6.45) is -0.106. The topological polar surface area (TPSA) is 88.4 Å². The number of alkyl halides is 3. The quantitative estimate of drug-likeness (QED) is 0.458. The first-order valence-corrected chi connectivity index (χ1v) is 9.82. The van der Waals surface area contributed by atoms with E-state index >= 15 is 0 Å². The van der Waals surface area contributed by atoms with E-state index in [4.69, 9.17) is 0 Å². The lowest BCUT2D eigenvalue weighted by molar-refractivity contribution is -0.137. The van der Waals surface area contributed by atoms with E-state index in [0.717, 1.165) is 29.0 Å². The van der Waals surface area contributed by atoms with Gasteiger partial charge in [0, 0.05) is 25.0 Å². The Morgan fingerprint density at radius 3 is 2.52 bits per heavy atom. The fourth-order valence-electron chi connectivity index (χ4n) is 3.33. The molecule has 0 atom stereocenters. The molecule has 0 spiro atoms. The number of imidazole rings is 1. The first-order chi connectivity index (χ1) is 15.6. The van der Waals surface area contributed by atoms with Gasteiger partial charge >= 0.3 is 6.18 Å². The Labute approximate surface area is 186 Å². The number of aromatic nitrogens is 3. The van der Waals surface area contributed by atoms with Crippen LogP contribution in [0.15, 0.2) is 61.1 Å². The lowest BCUT2D eigenvalue weighted by Crippen LogP contribution is -2.15. The lowest BCUT2D eigenvalue weighted by atomic mass is 10.0. The number of aryl methyl sites for hydroxylation is 1. The summed E-state index contributed by atoms with van der Waals surface area (Å²) in [5.41, 5.74) is 2.31. The number of nitrogens with zero attached hydrogens (tertiary/aromatic N) is 3. The summed E-state index contributed by atoms with van der Waals surface area (Å²) >= 11 is 0. The predicted octanol–water partition coefficient (Wildman–Crippen LogP) is 4.93. The SMILES string of the molecule is CC(=O)Nc1cn2cc(-c3cc(NC(=O)c4cc(C(F)(F)F)ccn4)ccc3C)ccc2n1. The Hall–Kier alpha value is -4.21. The van der Waals surface area contributed by atoms with Gasteiger partial charge in [0.15, 0.2) is 5.82 Å². The number of fused-ring (bicyclic) bond motifs is 1. The van der Waals surface area contributed by atoms with Crippen LogP contribution in [-0.2, 0) is 11.0 Å². The third kappa shape index (κ3) is 4.84. The van der Waals surface area contributed by atoms with Crippen molar-refractivity contribution in [3.63, 3.8) is 0 Å². The molecule has 0 fully saturated rings. The maximum absolute atomic E-state index is 12.9. The molecule has 0 aliphatic heterocycles. The molecule has 2 N–H and O–H groups in total. The predicted molar refractivity (Wildman–Crippen MR) is 117 cm³/mol. The van der Waals surface area contributed by atoms with E-state index in [1.807, 2.05) is 19.2 Å². The molecule has 4 rings (SSSR count). The minimum absolute atomic E-state index is 0.229. The third-order valence-corrected chi connectivity index (χ3v) is 4.88. The van der Waals surface area contributed by atoms with Crippen molar-refractivity contribution < 1.29 is 22.8 Å². The van der Waals surface area contributed by atoms with Gasteiger partial charge in [0.1, 0.15) is 11.3 Å². The highest BCUT2D eigenvalue weighted by molar-refractivity contribution is 6.03. The van der Waals surface area contributed by atoms with Crippen molar-refractivity contribution >= 4 is 29.0 Å². The zero-order valence-corrected chi connectivity index (χ0v) is 17.6. The number of carbonyl (C=O) groups excluding carboxylic acids is 2. The van der Waals surface area contributed by atoms with Gasteiger partial charge in [-0.25, -0.2) is 4.98 Å². The second-order valence-corrected chi connectivity index (χ2v) is 7.40. The summed E-state index contributed by atoms with van der Waals surface area (Å²) in [5, 5.41) is 5.23. The molecule has 33 heavy (non-hydrogen) atoms. The molecule has 0 saturated carbocycles.